The average Bonchev–Trinajstić information content (AvgIpc) is 3.03. The van der Waals surface area contributed by atoms with Gasteiger partial charge in [-0.2, -0.15) is 0 Å². The van der Waals surface area contributed by atoms with E-state index in [4.69, 9.17) is 0 Å². The Morgan fingerprint density at radius 2 is 1.62 bits per heavy atom. The van der Waals surface area contributed by atoms with E-state index in [1.54, 1.807) is 0 Å². The molecule has 0 radical (unpaired) electrons. The number of piperazine rings is 1. The van der Waals surface area contributed by atoms with Gasteiger partial charge in [-0.25, -0.2) is 0 Å². The first-order chi connectivity index (χ1) is 7.38. The lowest BCUT2D eigenvalue weighted by Crippen LogP contribution is -2.47. The number of nitrogens with zero attached hydrogens (tertiary/aromatic N) is 1. The summed E-state index contributed by atoms with van der Waals surface area (Å²) in [6, 6.07) is 0. The van der Waals surface area contributed by atoms with Crippen molar-refractivity contribution in [2.24, 2.45) is 17.8 Å². The van der Waals surface area contributed by atoms with E-state index in [0.717, 1.165) is 38.0 Å². The second kappa shape index (κ2) is 4.92. The van der Waals surface area contributed by atoms with Gasteiger partial charge in [0, 0.05) is 32.1 Å². The maximum atomic E-state index is 12.2. The van der Waals surface area contributed by atoms with Crippen LogP contribution in [0.5, 0.6) is 0 Å². The second-order valence-corrected chi connectivity index (χ2v) is 5.21. The number of carbonyl (C=O) groups excluding carboxylic acids is 1. The van der Waals surface area contributed by atoms with Crippen LogP contribution in [0.1, 0.15) is 25.7 Å². The van der Waals surface area contributed by atoms with E-state index in [9.17, 15) is 4.79 Å². The van der Waals surface area contributed by atoms with E-state index in [2.05, 4.69) is 10.2 Å². The van der Waals surface area contributed by atoms with Gasteiger partial charge in [0.05, 0.1) is 0 Å². The van der Waals surface area contributed by atoms with Gasteiger partial charge in [-0.05, 0) is 24.7 Å². The predicted octanol–water partition coefficient (Wildman–Crippen LogP) is 1.28. The third-order valence-electron chi connectivity index (χ3n) is 4.37. The van der Waals surface area contributed by atoms with Gasteiger partial charge in [0.2, 0.25) is 5.91 Å². The lowest BCUT2D eigenvalue weighted by Gasteiger charge is -2.27. The van der Waals surface area contributed by atoms with E-state index in [0.29, 0.717) is 11.8 Å². The number of rotatable bonds is 1. The fraction of sp³-hybridized carbons (Fsp3) is 0.917. The van der Waals surface area contributed by atoms with Crippen LogP contribution in [0.3, 0.4) is 0 Å². The number of nitrogens with one attached hydrogen (secondary N) is 1. The molecule has 2 atom stereocenters. The summed E-state index contributed by atoms with van der Waals surface area (Å²) in [5.41, 5.74) is 0. The fourth-order valence-electron chi connectivity index (χ4n) is 3.45. The van der Waals surface area contributed by atoms with Gasteiger partial charge >= 0.3 is 0 Å². The number of carbonyl (C=O) groups is 1. The summed E-state index contributed by atoms with van der Waals surface area (Å²) in [6.45, 7) is 3.81. The predicted molar refractivity (Wildman–Crippen MR) is 65.6 cm³/mol. The van der Waals surface area contributed by atoms with Crippen molar-refractivity contribution in [2.45, 2.75) is 25.7 Å². The molecule has 0 aromatic heterocycles. The number of amides is 1. The lowest BCUT2D eigenvalue weighted by atomic mass is 10.0. The van der Waals surface area contributed by atoms with Crippen LogP contribution < -0.4 is 5.32 Å². The summed E-state index contributed by atoms with van der Waals surface area (Å²) < 4.78 is 0. The molecule has 0 aromatic carbocycles. The molecule has 2 aliphatic carbocycles. The van der Waals surface area contributed by atoms with Crippen molar-refractivity contribution >= 4 is 18.3 Å². The molecule has 0 bridgehead atoms. The molecule has 92 valence electrons. The third-order valence-corrected chi connectivity index (χ3v) is 4.37. The van der Waals surface area contributed by atoms with Crippen molar-refractivity contribution in [1.82, 2.24) is 10.2 Å². The Bertz CT molecular complexity index is 254. The first-order valence-corrected chi connectivity index (χ1v) is 6.37. The van der Waals surface area contributed by atoms with Crippen LogP contribution in [0.2, 0.25) is 0 Å². The van der Waals surface area contributed by atoms with Crippen LogP contribution in [0, 0.1) is 17.8 Å². The fourth-order valence-corrected chi connectivity index (χ4v) is 3.45. The summed E-state index contributed by atoms with van der Waals surface area (Å²) >= 11 is 0. The Morgan fingerprint density at radius 1 is 1.06 bits per heavy atom. The topological polar surface area (TPSA) is 32.3 Å². The van der Waals surface area contributed by atoms with Gasteiger partial charge in [-0.15, -0.1) is 12.4 Å². The number of fused-ring (bicyclic) bond motifs is 1. The van der Waals surface area contributed by atoms with E-state index in [-0.39, 0.29) is 12.4 Å². The summed E-state index contributed by atoms with van der Waals surface area (Å²) in [5, 5.41) is 3.30. The molecule has 1 N–H and O–H groups in total. The highest BCUT2D eigenvalue weighted by molar-refractivity contribution is 5.85. The van der Waals surface area contributed by atoms with Gasteiger partial charge in [-0.3, -0.25) is 4.79 Å². The molecule has 3 fully saturated rings. The SMILES string of the molecule is Cl.O=C(C1C2CCCCC21)N1CCNCC1. The monoisotopic (exact) mass is 244 g/mol. The molecule has 16 heavy (non-hydrogen) atoms. The van der Waals surface area contributed by atoms with Crippen molar-refractivity contribution in [2.75, 3.05) is 26.2 Å². The van der Waals surface area contributed by atoms with Crippen LogP contribution >= 0.6 is 12.4 Å². The zero-order valence-electron chi connectivity index (χ0n) is 9.65. The minimum atomic E-state index is 0. The van der Waals surface area contributed by atoms with Crippen LogP contribution in [-0.4, -0.2) is 37.0 Å². The molecule has 3 nitrogen and oxygen atoms in total. The maximum Gasteiger partial charge on any atom is 0.226 e. The molecule has 1 saturated heterocycles. The molecule has 3 aliphatic rings. The molecule has 1 aliphatic heterocycles. The molecule has 1 heterocycles. The summed E-state index contributed by atoms with van der Waals surface area (Å²) in [6.07, 6.45) is 5.33. The third kappa shape index (κ3) is 2.07. The van der Waals surface area contributed by atoms with Gasteiger partial charge in [0.25, 0.3) is 0 Å². The van der Waals surface area contributed by atoms with Crippen molar-refractivity contribution in [3.8, 4) is 0 Å². The van der Waals surface area contributed by atoms with Gasteiger partial charge in [0.1, 0.15) is 0 Å². The zero-order valence-corrected chi connectivity index (χ0v) is 10.5. The van der Waals surface area contributed by atoms with E-state index in [1.165, 1.54) is 25.7 Å². The van der Waals surface area contributed by atoms with Crippen LogP contribution in [-0.2, 0) is 4.79 Å². The van der Waals surface area contributed by atoms with Gasteiger partial charge < -0.3 is 10.2 Å². The molecule has 0 aromatic rings. The highest BCUT2D eigenvalue weighted by atomic mass is 35.5. The van der Waals surface area contributed by atoms with Crippen molar-refractivity contribution < 1.29 is 4.79 Å². The summed E-state index contributed by atoms with van der Waals surface area (Å²) in [5.74, 6) is 2.42. The molecular weight excluding hydrogens is 224 g/mol. The van der Waals surface area contributed by atoms with Crippen molar-refractivity contribution in [1.29, 1.82) is 0 Å². The van der Waals surface area contributed by atoms with Crippen molar-refractivity contribution in [3.05, 3.63) is 0 Å². The Balaban J connectivity index is 0.000000963. The number of hydrogen-bond donors (Lipinski definition) is 1. The molecule has 4 heteroatoms. The van der Waals surface area contributed by atoms with Crippen LogP contribution in [0.15, 0.2) is 0 Å². The summed E-state index contributed by atoms with van der Waals surface area (Å²) in [4.78, 5) is 14.3. The standard InChI is InChI=1S/C12H20N2O.ClH/c15-12(14-7-5-13-6-8-14)11-9-3-1-2-4-10(9)11;/h9-11,13H,1-8H2;1H. The zero-order chi connectivity index (χ0) is 10.3. The van der Waals surface area contributed by atoms with Crippen LogP contribution in [0.25, 0.3) is 0 Å². The molecule has 0 spiro atoms. The highest BCUT2D eigenvalue weighted by Gasteiger charge is 2.55. The van der Waals surface area contributed by atoms with E-state index in [1.807, 2.05) is 0 Å². The van der Waals surface area contributed by atoms with E-state index < -0.39 is 0 Å². The Hall–Kier alpha value is -0.280. The first kappa shape index (κ1) is 12.2. The molecule has 3 rings (SSSR count). The minimum absolute atomic E-state index is 0. The average molecular weight is 245 g/mol. The Labute approximate surface area is 103 Å². The van der Waals surface area contributed by atoms with E-state index >= 15 is 0 Å². The molecule has 2 saturated carbocycles. The van der Waals surface area contributed by atoms with Gasteiger partial charge in [-0.1, -0.05) is 12.8 Å². The number of hydrogen-bond acceptors (Lipinski definition) is 2. The quantitative estimate of drug-likeness (QED) is 0.754. The Kier molecular flexibility index (Phi) is 3.75. The first-order valence-electron chi connectivity index (χ1n) is 6.37. The van der Waals surface area contributed by atoms with Crippen molar-refractivity contribution in [3.63, 3.8) is 0 Å². The lowest BCUT2D eigenvalue weighted by molar-refractivity contribution is -0.133. The Morgan fingerprint density at radius 3 is 2.19 bits per heavy atom. The smallest absolute Gasteiger partial charge is 0.226 e. The minimum Gasteiger partial charge on any atom is -0.340 e. The normalized spacial score (nSPS) is 37.2. The van der Waals surface area contributed by atoms with Crippen LogP contribution in [0.4, 0.5) is 0 Å². The maximum absolute atomic E-state index is 12.2. The molecule has 2 unspecified atom stereocenters. The number of halogens is 1. The second-order valence-electron chi connectivity index (χ2n) is 5.21. The van der Waals surface area contributed by atoms with Gasteiger partial charge in [0.15, 0.2) is 0 Å². The molecular formula is C12H21ClN2O. The molecule has 1 amide bonds. The summed E-state index contributed by atoms with van der Waals surface area (Å²) in [7, 11) is 0. The highest BCUT2D eigenvalue weighted by Crippen LogP contribution is 2.56. The largest absolute Gasteiger partial charge is 0.340 e.